The summed E-state index contributed by atoms with van der Waals surface area (Å²) in [5.74, 6) is -3.16. The number of rotatable bonds is 6. The number of hydrogen-bond donors (Lipinski definition) is 5. The Morgan fingerprint density at radius 3 is 1.87 bits per heavy atom. The number of hydrogen-bond acceptors (Lipinski definition) is 5. The van der Waals surface area contributed by atoms with Gasteiger partial charge in [-0.05, 0) is 59.9 Å². The van der Waals surface area contributed by atoms with E-state index in [1.807, 2.05) is 31.2 Å². The Bertz CT molecular complexity index is 1640. The minimum absolute atomic E-state index is 0.224. The molecule has 39 heavy (non-hydrogen) atoms. The molecule has 2 heterocycles. The molecule has 202 valence electrons. The number of aromatic carboxylic acids is 2. The van der Waals surface area contributed by atoms with Gasteiger partial charge in [0.05, 0.1) is 11.4 Å². The first-order chi connectivity index (χ1) is 18.5. The third-order valence-electron chi connectivity index (χ3n) is 5.86. The first-order valence-corrected chi connectivity index (χ1v) is 12.9. The summed E-state index contributed by atoms with van der Waals surface area (Å²) in [4.78, 5) is 50.7. The quantitative estimate of drug-likeness (QED) is 0.185. The zero-order chi connectivity index (χ0) is 28.9. The van der Waals surface area contributed by atoms with Crippen molar-refractivity contribution in [3.05, 3.63) is 107 Å². The van der Waals surface area contributed by atoms with Crippen molar-refractivity contribution in [2.24, 2.45) is 0 Å². The topological polar surface area (TPSA) is 161 Å². The van der Waals surface area contributed by atoms with Crippen molar-refractivity contribution < 1.29 is 24.9 Å². The second-order valence-corrected chi connectivity index (χ2v) is 9.63. The van der Waals surface area contributed by atoms with Gasteiger partial charge in [-0.15, -0.1) is 0 Å². The predicted molar refractivity (Wildman–Crippen MR) is 152 cm³/mol. The summed E-state index contributed by atoms with van der Waals surface area (Å²) in [6.45, 7) is 3.68. The van der Waals surface area contributed by atoms with Crippen molar-refractivity contribution in [3.63, 3.8) is 0 Å². The van der Waals surface area contributed by atoms with E-state index in [0.717, 1.165) is 15.6 Å². The molecule has 0 unspecified atom stereocenters. The average Bonchev–Trinajstić information content (AvgIpc) is 2.89. The lowest BCUT2D eigenvalue weighted by molar-refractivity contribution is 0.0682. The molecule has 2 aromatic carbocycles. The summed E-state index contributed by atoms with van der Waals surface area (Å²) in [6, 6.07) is 15.6. The number of carbonyl (C=O) groups is 2. The number of benzene rings is 2. The number of carboxylic acid groups (broad SMARTS) is 2. The zero-order valence-electron chi connectivity index (χ0n) is 20.8. The van der Waals surface area contributed by atoms with Gasteiger partial charge < -0.3 is 25.3 Å². The normalized spacial score (nSPS) is 10.5. The Morgan fingerprint density at radius 2 is 1.36 bits per heavy atom. The fourth-order valence-corrected chi connectivity index (χ4v) is 4.31. The van der Waals surface area contributed by atoms with E-state index in [0.29, 0.717) is 40.4 Å². The third-order valence-corrected chi connectivity index (χ3v) is 6.64. The van der Waals surface area contributed by atoms with Gasteiger partial charge in [0.25, 0.3) is 11.1 Å². The standard InChI is InChI=1S/C14H12BrNO3.C14H12ClNO4/c1-2-8-7-11(14(18)19)13(17)16-12(8)9-3-5-10(15)6-4-9;1-2-9-11(7-3-5-8(15)6-4-7)16-13(18)10(12(9)17)14(19)20/h3-7H,2H2,1H3,(H,16,17)(H,18,19);3-6H,2H2,1H3,(H,19,20)(H2,16,17,18). The first-order valence-electron chi connectivity index (χ1n) is 11.7. The number of halogens is 2. The number of aryl methyl sites for hydroxylation is 1. The molecule has 0 aliphatic heterocycles. The van der Waals surface area contributed by atoms with E-state index >= 15 is 0 Å². The molecule has 0 aliphatic carbocycles. The highest BCUT2D eigenvalue weighted by atomic mass is 79.9. The van der Waals surface area contributed by atoms with Gasteiger partial charge in [-0.2, -0.15) is 0 Å². The summed E-state index contributed by atoms with van der Waals surface area (Å²) in [5, 5.41) is 28.5. The molecule has 0 fully saturated rings. The van der Waals surface area contributed by atoms with Crippen LogP contribution in [-0.2, 0) is 12.8 Å². The summed E-state index contributed by atoms with van der Waals surface area (Å²) in [7, 11) is 0. The Balaban J connectivity index is 0.000000216. The van der Waals surface area contributed by atoms with Crippen LogP contribution in [0.4, 0.5) is 0 Å². The minimum atomic E-state index is -1.46. The van der Waals surface area contributed by atoms with E-state index < -0.39 is 34.4 Å². The summed E-state index contributed by atoms with van der Waals surface area (Å²) in [6.07, 6.45) is 1.02. The lowest BCUT2D eigenvalue weighted by atomic mass is 10.0. The van der Waals surface area contributed by atoms with Crippen LogP contribution in [0.3, 0.4) is 0 Å². The summed E-state index contributed by atoms with van der Waals surface area (Å²) in [5.41, 5.74) is 1.48. The van der Waals surface area contributed by atoms with E-state index in [1.54, 1.807) is 31.2 Å². The number of pyridine rings is 2. The molecule has 4 aromatic rings. The monoisotopic (exact) mass is 614 g/mol. The number of carboxylic acids is 2. The molecule has 5 N–H and O–H groups in total. The molecule has 0 spiro atoms. The Labute approximate surface area is 235 Å². The average molecular weight is 616 g/mol. The SMILES string of the molecule is CCc1c(-c2ccc(Cl)cc2)[nH]c(=O)c(C(=O)O)c1O.CCc1cc(C(=O)O)c(=O)[nH]c1-c1ccc(Br)cc1. The highest BCUT2D eigenvalue weighted by Gasteiger charge is 2.21. The predicted octanol–water partition coefficient (Wildman–Crippen LogP) is 5.73. The molecular formula is C28H24BrClN2O7. The molecule has 4 rings (SSSR count). The van der Waals surface area contributed by atoms with Gasteiger partial charge in [0.2, 0.25) is 0 Å². The maximum Gasteiger partial charge on any atom is 0.345 e. The van der Waals surface area contributed by atoms with Crippen molar-refractivity contribution in [1.29, 1.82) is 0 Å². The Kier molecular flexibility index (Phi) is 9.50. The molecule has 0 saturated carbocycles. The van der Waals surface area contributed by atoms with Crippen molar-refractivity contribution in [1.82, 2.24) is 9.97 Å². The fraction of sp³-hybridized carbons (Fsp3) is 0.143. The molecule has 9 nitrogen and oxygen atoms in total. The van der Waals surface area contributed by atoms with Gasteiger partial charge in [0, 0.05) is 15.1 Å². The van der Waals surface area contributed by atoms with Gasteiger partial charge in [0.15, 0.2) is 5.56 Å². The number of aromatic nitrogens is 2. The van der Waals surface area contributed by atoms with Crippen LogP contribution < -0.4 is 11.1 Å². The van der Waals surface area contributed by atoms with E-state index in [1.165, 1.54) is 6.07 Å². The molecular weight excluding hydrogens is 592 g/mol. The van der Waals surface area contributed by atoms with Crippen LogP contribution in [-0.4, -0.2) is 37.2 Å². The number of H-pyrrole nitrogens is 2. The van der Waals surface area contributed by atoms with E-state index in [2.05, 4.69) is 25.9 Å². The van der Waals surface area contributed by atoms with Crippen LogP contribution in [0.15, 0.2) is 68.7 Å². The van der Waals surface area contributed by atoms with E-state index in [9.17, 15) is 24.3 Å². The highest BCUT2D eigenvalue weighted by Crippen LogP contribution is 2.30. The lowest BCUT2D eigenvalue weighted by Gasteiger charge is -2.11. The minimum Gasteiger partial charge on any atom is -0.506 e. The maximum absolute atomic E-state index is 11.8. The third kappa shape index (κ3) is 6.65. The van der Waals surface area contributed by atoms with Crippen LogP contribution in [0.1, 0.15) is 45.7 Å². The van der Waals surface area contributed by atoms with Crippen molar-refractivity contribution in [2.45, 2.75) is 26.7 Å². The lowest BCUT2D eigenvalue weighted by Crippen LogP contribution is -2.19. The smallest absolute Gasteiger partial charge is 0.345 e. The molecule has 2 aromatic heterocycles. The molecule has 0 aliphatic rings. The van der Waals surface area contributed by atoms with E-state index in [-0.39, 0.29) is 5.56 Å². The molecule has 0 saturated heterocycles. The fourth-order valence-electron chi connectivity index (χ4n) is 3.92. The first kappa shape index (κ1) is 29.4. The van der Waals surface area contributed by atoms with Gasteiger partial charge in [-0.25, -0.2) is 9.59 Å². The molecule has 0 amide bonds. The summed E-state index contributed by atoms with van der Waals surface area (Å²) < 4.78 is 0.943. The van der Waals surface area contributed by atoms with E-state index in [4.69, 9.17) is 21.8 Å². The van der Waals surface area contributed by atoms with Crippen molar-refractivity contribution in [3.8, 4) is 28.3 Å². The highest BCUT2D eigenvalue weighted by molar-refractivity contribution is 9.10. The van der Waals surface area contributed by atoms with Gasteiger partial charge in [-0.1, -0.05) is 65.6 Å². The largest absolute Gasteiger partial charge is 0.506 e. The second-order valence-electron chi connectivity index (χ2n) is 8.27. The van der Waals surface area contributed by atoms with Crippen LogP contribution in [0.5, 0.6) is 5.75 Å². The molecule has 11 heteroatoms. The number of aromatic amines is 2. The van der Waals surface area contributed by atoms with Gasteiger partial charge in [-0.3, -0.25) is 9.59 Å². The van der Waals surface area contributed by atoms with Crippen molar-refractivity contribution >= 4 is 39.5 Å². The maximum atomic E-state index is 11.8. The second kappa shape index (κ2) is 12.6. The van der Waals surface area contributed by atoms with Crippen molar-refractivity contribution in [2.75, 3.05) is 0 Å². The molecule has 0 bridgehead atoms. The Hall–Kier alpha value is -4.15. The molecule has 0 radical (unpaired) electrons. The zero-order valence-corrected chi connectivity index (χ0v) is 23.2. The summed E-state index contributed by atoms with van der Waals surface area (Å²) >= 11 is 9.15. The molecule has 0 atom stereocenters. The Morgan fingerprint density at radius 1 is 0.821 bits per heavy atom. The van der Waals surface area contributed by atoms with Crippen LogP contribution in [0.25, 0.3) is 22.5 Å². The number of nitrogens with one attached hydrogen (secondary N) is 2. The van der Waals surface area contributed by atoms with Crippen LogP contribution >= 0.6 is 27.5 Å². The van der Waals surface area contributed by atoms with Crippen LogP contribution in [0.2, 0.25) is 5.02 Å². The van der Waals surface area contributed by atoms with Gasteiger partial charge >= 0.3 is 11.9 Å². The van der Waals surface area contributed by atoms with Gasteiger partial charge in [0.1, 0.15) is 11.3 Å². The number of aromatic hydroxyl groups is 1. The van der Waals surface area contributed by atoms with Crippen LogP contribution in [0, 0.1) is 0 Å².